The lowest BCUT2D eigenvalue weighted by Gasteiger charge is -2.14. The number of pyridine rings is 1. The molecule has 0 aliphatic carbocycles. The molecule has 1 aromatic heterocycles. The van der Waals surface area contributed by atoms with E-state index in [2.05, 4.69) is 35.4 Å². The number of nitrogens with zero attached hydrogens (tertiary/aromatic N) is 1. The van der Waals surface area contributed by atoms with E-state index in [-0.39, 0.29) is 6.10 Å². The lowest BCUT2D eigenvalue weighted by atomic mass is 10.1. The van der Waals surface area contributed by atoms with Crippen LogP contribution >= 0.6 is 0 Å². The second-order valence-corrected chi connectivity index (χ2v) is 7.27. The number of rotatable bonds is 8. The fourth-order valence-corrected chi connectivity index (χ4v) is 3.58. The van der Waals surface area contributed by atoms with Crippen LogP contribution in [0.5, 0.6) is 17.2 Å². The molecule has 29 heavy (non-hydrogen) atoms. The number of ether oxygens (including phenoxy) is 3. The van der Waals surface area contributed by atoms with Crippen LogP contribution in [0.25, 0.3) is 0 Å². The zero-order valence-electron chi connectivity index (χ0n) is 16.9. The minimum Gasteiger partial charge on any atom is -0.496 e. The van der Waals surface area contributed by atoms with Gasteiger partial charge in [0.2, 0.25) is 0 Å². The van der Waals surface area contributed by atoms with Crippen LogP contribution in [-0.4, -0.2) is 18.2 Å². The molecule has 2 aromatic carbocycles. The van der Waals surface area contributed by atoms with Gasteiger partial charge in [-0.25, -0.2) is 0 Å². The summed E-state index contributed by atoms with van der Waals surface area (Å²) in [7, 11) is 1.71. The summed E-state index contributed by atoms with van der Waals surface area (Å²) in [5.74, 6) is 2.74. The van der Waals surface area contributed by atoms with Gasteiger partial charge in [-0.2, -0.15) is 0 Å². The number of hydrogen-bond donors (Lipinski definition) is 1. The highest BCUT2D eigenvalue weighted by molar-refractivity contribution is 5.48. The second kappa shape index (κ2) is 8.97. The van der Waals surface area contributed by atoms with Gasteiger partial charge in [0.15, 0.2) is 0 Å². The lowest BCUT2D eigenvalue weighted by molar-refractivity contribution is 0.254. The van der Waals surface area contributed by atoms with Gasteiger partial charge >= 0.3 is 0 Å². The number of para-hydroxylation sites is 1. The van der Waals surface area contributed by atoms with Crippen molar-refractivity contribution < 1.29 is 14.2 Å². The van der Waals surface area contributed by atoms with Crippen LogP contribution in [-0.2, 0) is 26.1 Å². The monoisotopic (exact) mass is 390 g/mol. The molecule has 1 unspecified atom stereocenters. The van der Waals surface area contributed by atoms with Crippen molar-refractivity contribution in [2.24, 2.45) is 0 Å². The van der Waals surface area contributed by atoms with Gasteiger partial charge in [0.05, 0.1) is 7.11 Å². The van der Waals surface area contributed by atoms with E-state index in [1.54, 1.807) is 13.3 Å². The average molecular weight is 390 g/mol. The van der Waals surface area contributed by atoms with Gasteiger partial charge in [-0.05, 0) is 31.2 Å². The van der Waals surface area contributed by atoms with Gasteiger partial charge in [-0.3, -0.25) is 4.98 Å². The molecule has 5 nitrogen and oxygen atoms in total. The fraction of sp³-hybridized carbons (Fsp3) is 0.292. The van der Waals surface area contributed by atoms with E-state index in [9.17, 15) is 0 Å². The minimum atomic E-state index is 0.224. The zero-order chi connectivity index (χ0) is 20.1. The average Bonchev–Trinajstić information content (AvgIpc) is 3.12. The molecule has 0 saturated heterocycles. The van der Waals surface area contributed by atoms with Crippen LogP contribution < -0.4 is 19.5 Å². The molecular weight excluding hydrogens is 364 g/mol. The SMILES string of the molecule is COc1cc2c(cc1CNCc1ccccc1OCc1cccnc1)OC(C)C2. The van der Waals surface area contributed by atoms with Crippen LogP contribution in [0.2, 0.25) is 0 Å². The molecule has 0 amide bonds. The highest BCUT2D eigenvalue weighted by Gasteiger charge is 2.21. The van der Waals surface area contributed by atoms with Crippen LogP contribution in [0.3, 0.4) is 0 Å². The summed E-state index contributed by atoms with van der Waals surface area (Å²) in [6, 6.07) is 16.2. The van der Waals surface area contributed by atoms with Gasteiger partial charge in [-0.1, -0.05) is 24.3 Å². The molecule has 150 valence electrons. The zero-order valence-corrected chi connectivity index (χ0v) is 16.9. The normalized spacial score (nSPS) is 14.9. The standard InChI is InChI=1S/C24H26N2O3/c1-17-10-20-11-23(27-2)21(12-24(20)29-17)15-26-14-19-7-3-4-8-22(19)28-16-18-6-5-9-25-13-18/h3-9,11-13,17,26H,10,14-16H2,1-2H3. The number of benzene rings is 2. The molecule has 1 aliphatic rings. The maximum Gasteiger partial charge on any atom is 0.124 e. The number of hydrogen-bond acceptors (Lipinski definition) is 5. The smallest absolute Gasteiger partial charge is 0.124 e. The lowest BCUT2D eigenvalue weighted by Crippen LogP contribution is -2.14. The van der Waals surface area contributed by atoms with E-state index >= 15 is 0 Å². The molecule has 1 atom stereocenters. The van der Waals surface area contributed by atoms with Crippen molar-refractivity contribution in [2.75, 3.05) is 7.11 Å². The van der Waals surface area contributed by atoms with Crippen molar-refractivity contribution in [1.29, 1.82) is 0 Å². The Morgan fingerprint density at radius 3 is 2.76 bits per heavy atom. The van der Waals surface area contributed by atoms with E-state index in [0.29, 0.717) is 19.7 Å². The van der Waals surface area contributed by atoms with Crippen LogP contribution in [0.1, 0.15) is 29.2 Å². The summed E-state index contributed by atoms with van der Waals surface area (Å²) < 4.78 is 17.5. The minimum absolute atomic E-state index is 0.224. The molecule has 0 saturated carbocycles. The maximum atomic E-state index is 6.02. The van der Waals surface area contributed by atoms with E-state index < -0.39 is 0 Å². The third-order valence-electron chi connectivity index (χ3n) is 5.02. The van der Waals surface area contributed by atoms with Gasteiger partial charge < -0.3 is 19.5 Å². The van der Waals surface area contributed by atoms with E-state index in [0.717, 1.165) is 40.4 Å². The molecule has 1 aliphatic heterocycles. The molecule has 0 radical (unpaired) electrons. The maximum absolute atomic E-state index is 6.02. The van der Waals surface area contributed by atoms with Crippen LogP contribution in [0.4, 0.5) is 0 Å². The first-order chi connectivity index (χ1) is 14.2. The summed E-state index contributed by atoms with van der Waals surface area (Å²) in [6.45, 7) is 3.97. The van der Waals surface area contributed by atoms with Crippen molar-refractivity contribution >= 4 is 0 Å². The molecular formula is C24H26N2O3. The Hall–Kier alpha value is -3.05. The Morgan fingerprint density at radius 2 is 1.93 bits per heavy atom. The van der Waals surface area contributed by atoms with E-state index in [1.807, 2.05) is 36.5 Å². The fourth-order valence-electron chi connectivity index (χ4n) is 3.58. The van der Waals surface area contributed by atoms with Gasteiger partial charge in [-0.15, -0.1) is 0 Å². The second-order valence-electron chi connectivity index (χ2n) is 7.27. The number of methoxy groups -OCH3 is 1. The van der Waals surface area contributed by atoms with E-state index in [4.69, 9.17) is 14.2 Å². The molecule has 0 bridgehead atoms. The number of nitrogens with one attached hydrogen (secondary N) is 1. The first-order valence-electron chi connectivity index (χ1n) is 9.89. The quantitative estimate of drug-likeness (QED) is 0.622. The molecule has 2 heterocycles. The van der Waals surface area contributed by atoms with Gasteiger partial charge in [0.25, 0.3) is 0 Å². The van der Waals surface area contributed by atoms with Crippen LogP contribution in [0, 0.1) is 0 Å². The van der Waals surface area contributed by atoms with Crippen LogP contribution in [0.15, 0.2) is 60.9 Å². The predicted molar refractivity (Wildman–Crippen MR) is 112 cm³/mol. The molecule has 0 spiro atoms. The summed E-state index contributed by atoms with van der Waals surface area (Å²) in [5.41, 5.74) is 4.47. The van der Waals surface area contributed by atoms with Gasteiger partial charge in [0, 0.05) is 54.2 Å². The summed E-state index contributed by atoms with van der Waals surface area (Å²) in [4.78, 5) is 4.13. The molecule has 1 N–H and O–H groups in total. The molecule has 4 rings (SSSR count). The van der Waals surface area contributed by atoms with Crippen molar-refractivity contribution in [2.45, 2.75) is 39.1 Å². The summed E-state index contributed by atoms with van der Waals surface area (Å²) >= 11 is 0. The Kier molecular flexibility index (Phi) is 5.96. The van der Waals surface area contributed by atoms with Crippen molar-refractivity contribution in [1.82, 2.24) is 10.3 Å². The Balaban J connectivity index is 1.39. The molecule has 0 fully saturated rings. The third kappa shape index (κ3) is 4.69. The first-order valence-corrected chi connectivity index (χ1v) is 9.89. The summed E-state index contributed by atoms with van der Waals surface area (Å²) in [5, 5.41) is 3.51. The van der Waals surface area contributed by atoms with Crippen molar-refractivity contribution in [3.05, 3.63) is 83.2 Å². The van der Waals surface area contributed by atoms with E-state index in [1.165, 1.54) is 5.56 Å². The Morgan fingerprint density at radius 1 is 1.07 bits per heavy atom. The van der Waals surface area contributed by atoms with Gasteiger partial charge in [0.1, 0.15) is 30.0 Å². The molecule has 3 aromatic rings. The Labute approximate surface area is 171 Å². The topological polar surface area (TPSA) is 52.6 Å². The predicted octanol–water partition coefficient (Wildman–Crippen LogP) is 4.28. The third-order valence-corrected chi connectivity index (χ3v) is 5.02. The van der Waals surface area contributed by atoms with Crippen molar-refractivity contribution in [3.63, 3.8) is 0 Å². The molecule has 5 heteroatoms. The highest BCUT2D eigenvalue weighted by Crippen LogP contribution is 2.35. The number of aromatic nitrogens is 1. The highest BCUT2D eigenvalue weighted by atomic mass is 16.5. The number of fused-ring (bicyclic) bond motifs is 1. The largest absolute Gasteiger partial charge is 0.496 e. The first kappa shape index (κ1) is 19.3. The summed E-state index contributed by atoms with van der Waals surface area (Å²) in [6.07, 6.45) is 4.74. The Bertz CT molecular complexity index is 960. The van der Waals surface area contributed by atoms with Crippen molar-refractivity contribution in [3.8, 4) is 17.2 Å².